The molecule has 0 aromatic heterocycles. The quantitative estimate of drug-likeness (QED) is 0.810. The van der Waals surface area contributed by atoms with Gasteiger partial charge in [0.2, 0.25) is 0 Å². The van der Waals surface area contributed by atoms with Crippen molar-refractivity contribution in [3.63, 3.8) is 0 Å². The first-order chi connectivity index (χ1) is 12.6. The smallest absolute Gasteiger partial charge is 0.445 e. The molecule has 1 aliphatic heterocycles. The molecule has 132 valence electrons. The molecule has 2 aromatic rings. The average molecular weight is 352 g/mol. The zero-order chi connectivity index (χ0) is 18.5. The summed E-state index contributed by atoms with van der Waals surface area (Å²) >= 11 is 0. The molecule has 2 aromatic carbocycles. The Labute approximate surface area is 150 Å². The summed E-state index contributed by atoms with van der Waals surface area (Å²) in [5.41, 5.74) is 0.988. The van der Waals surface area contributed by atoms with Gasteiger partial charge in [0, 0.05) is 5.11 Å². The number of fused-ring (bicyclic) bond motifs is 1. The van der Waals surface area contributed by atoms with Crippen molar-refractivity contribution < 1.29 is 23.8 Å². The number of benzene rings is 2. The van der Waals surface area contributed by atoms with E-state index in [0.29, 0.717) is 18.0 Å². The third-order valence-corrected chi connectivity index (χ3v) is 3.75. The number of nitrogens with one attached hydrogen (secondary N) is 1. The highest BCUT2D eigenvalue weighted by atomic mass is 16.5. The van der Waals surface area contributed by atoms with Crippen molar-refractivity contribution in [2.45, 2.75) is 13.3 Å². The molecule has 26 heavy (non-hydrogen) atoms. The molecule has 1 N–H and O–H groups in total. The zero-order valence-corrected chi connectivity index (χ0v) is 14.3. The Morgan fingerprint density at radius 1 is 1.08 bits per heavy atom. The van der Waals surface area contributed by atoms with E-state index in [1.165, 1.54) is 6.07 Å². The monoisotopic (exact) mass is 352 g/mol. The minimum Gasteiger partial charge on any atom is -0.491 e. The van der Waals surface area contributed by atoms with Crippen LogP contribution in [-0.4, -0.2) is 35.6 Å². The van der Waals surface area contributed by atoms with E-state index in [-0.39, 0.29) is 17.7 Å². The van der Waals surface area contributed by atoms with Crippen molar-refractivity contribution in [2.24, 2.45) is 5.11 Å². The largest absolute Gasteiger partial charge is 0.491 e. The van der Waals surface area contributed by atoms with E-state index in [0.717, 1.165) is 11.1 Å². The van der Waals surface area contributed by atoms with E-state index < -0.39 is 17.7 Å². The molecular weight excluding hydrogens is 334 g/mol. The third kappa shape index (κ3) is 3.66. The summed E-state index contributed by atoms with van der Waals surface area (Å²) in [5, 5.41) is 6.41. The molecule has 3 rings (SSSR count). The molecule has 0 unspecified atom stereocenters. The molecule has 1 heterocycles. The molecule has 0 saturated heterocycles. The minimum absolute atomic E-state index is 0.243. The first kappa shape index (κ1) is 17.5. The maximum Gasteiger partial charge on any atom is 0.445 e. The molecule has 0 radical (unpaired) electrons. The predicted molar refractivity (Wildman–Crippen MR) is 93.5 cm³/mol. The van der Waals surface area contributed by atoms with Gasteiger partial charge in [0.25, 0.3) is 12.5 Å². The van der Waals surface area contributed by atoms with Crippen molar-refractivity contribution in [3.8, 4) is 5.75 Å². The number of amides is 3. The third-order valence-electron chi connectivity index (χ3n) is 3.75. The maximum absolute atomic E-state index is 12.4. The first-order valence-electron chi connectivity index (χ1n) is 8.28. The van der Waals surface area contributed by atoms with E-state index in [1.807, 2.05) is 6.92 Å². The fourth-order valence-electron chi connectivity index (χ4n) is 2.54. The van der Waals surface area contributed by atoms with Crippen LogP contribution in [0.25, 0.3) is 0 Å². The van der Waals surface area contributed by atoms with Crippen LogP contribution in [0.1, 0.15) is 34.1 Å². The number of rotatable bonds is 6. The number of ether oxygens (including phenoxy) is 1. The number of hydrogen-bond donors (Lipinski definition) is 1. The summed E-state index contributed by atoms with van der Waals surface area (Å²) in [6, 6.07) is 13.4. The second-order valence-electron chi connectivity index (χ2n) is 5.71. The topological polar surface area (TPSA) is 87.8 Å². The van der Waals surface area contributed by atoms with Crippen LogP contribution in [-0.2, 0) is 4.79 Å². The van der Waals surface area contributed by atoms with Gasteiger partial charge in [-0.15, -0.1) is 0 Å². The second kappa shape index (κ2) is 7.69. The highest BCUT2D eigenvalue weighted by molar-refractivity contribution is 6.07. The summed E-state index contributed by atoms with van der Waals surface area (Å²) in [5.74, 6) is -0.946. The lowest BCUT2D eigenvalue weighted by molar-refractivity contribution is -0.482. The average Bonchev–Trinajstić information content (AvgIpc) is 2.65. The van der Waals surface area contributed by atoms with Crippen LogP contribution in [0, 0.1) is 0 Å². The molecule has 0 aliphatic carbocycles. The normalized spacial score (nSPS) is 13.0. The lowest BCUT2D eigenvalue weighted by atomic mass is 10.1. The number of carbonyl (C=O) groups is 3. The summed E-state index contributed by atoms with van der Waals surface area (Å²) in [6.07, 6.45) is 0.838. The molecule has 0 saturated carbocycles. The van der Waals surface area contributed by atoms with Crippen molar-refractivity contribution in [1.82, 2.24) is 0 Å². The number of hydrogen-bond acceptors (Lipinski definition) is 4. The Morgan fingerprint density at radius 3 is 2.54 bits per heavy atom. The van der Waals surface area contributed by atoms with Gasteiger partial charge < -0.3 is 10.1 Å². The van der Waals surface area contributed by atoms with Gasteiger partial charge in [0.15, 0.2) is 0 Å². The summed E-state index contributed by atoms with van der Waals surface area (Å²) in [6.45, 7) is 2.15. The molecule has 7 heteroatoms. The molecule has 0 atom stereocenters. The molecule has 0 spiro atoms. The molecule has 0 bridgehead atoms. The van der Waals surface area contributed by atoms with Crippen LogP contribution in [0.15, 0.2) is 53.6 Å². The van der Waals surface area contributed by atoms with Crippen molar-refractivity contribution in [1.29, 1.82) is 0 Å². The number of nitrogens with zero attached hydrogens (tertiary/aromatic N) is 2. The van der Waals surface area contributed by atoms with Crippen molar-refractivity contribution in [3.05, 3.63) is 59.7 Å². The van der Waals surface area contributed by atoms with Crippen LogP contribution in [0.3, 0.4) is 0 Å². The van der Waals surface area contributed by atoms with Crippen LogP contribution < -0.4 is 10.1 Å². The molecule has 1 aliphatic rings. The minimum atomic E-state index is -0.542. The Balaban J connectivity index is 1.74. The maximum atomic E-state index is 12.4. The number of anilines is 1. The fraction of sp³-hybridized carbons (Fsp3) is 0.211. The predicted octanol–water partition coefficient (Wildman–Crippen LogP) is 2.87. The SMILES string of the molecule is CCCOc1ccccc1NC(=O)C[N+]1=NC(=O)c2ccccc2C1=O. The second-order valence-corrected chi connectivity index (χ2v) is 5.71. The van der Waals surface area contributed by atoms with Crippen LogP contribution in [0.2, 0.25) is 0 Å². The van der Waals surface area contributed by atoms with Gasteiger partial charge in [-0.1, -0.05) is 31.2 Å². The van der Waals surface area contributed by atoms with Gasteiger partial charge >= 0.3 is 11.8 Å². The highest BCUT2D eigenvalue weighted by Gasteiger charge is 2.35. The van der Waals surface area contributed by atoms with Crippen LogP contribution in [0.5, 0.6) is 5.75 Å². The summed E-state index contributed by atoms with van der Waals surface area (Å²) in [4.78, 5) is 36.8. The molecule has 7 nitrogen and oxygen atoms in total. The van der Waals surface area contributed by atoms with E-state index >= 15 is 0 Å². The van der Waals surface area contributed by atoms with Crippen LogP contribution in [0.4, 0.5) is 5.69 Å². The number of para-hydroxylation sites is 2. The first-order valence-corrected chi connectivity index (χ1v) is 8.28. The zero-order valence-electron chi connectivity index (χ0n) is 14.3. The van der Waals surface area contributed by atoms with Gasteiger partial charge in [0.05, 0.1) is 17.9 Å². The lowest BCUT2D eigenvalue weighted by Gasteiger charge is -2.11. The van der Waals surface area contributed by atoms with Crippen molar-refractivity contribution >= 4 is 23.4 Å². The lowest BCUT2D eigenvalue weighted by Crippen LogP contribution is -2.34. The highest BCUT2D eigenvalue weighted by Crippen LogP contribution is 2.24. The van der Waals surface area contributed by atoms with Gasteiger partial charge in [0.1, 0.15) is 11.3 Å². The summed E-state index contributed by atoms with van der Waals surface area (Å²) < 4.78 is 6.47. The van der Waals surface area contributed by atoms with Gasteiger partial charge in [-0.3, -0.25) is 9.59 Å². The Bertz CT molecular complexity index is 905. The van der Waals surface area contributed by atoms with E-state index in [4.69, 9.17) is 4.74 Å². The Morgan fingerprint density at radius 2 is 1.77 bits per heavy atom. The molecular formula is C19H18N3O4+. The number of azo groups is 2. The molecule has 0 fully saturated rings. The molecule has 3 amide bonds. The Kier molecular flexibility index (Phi) is 5.17. The van der Waals surface area contributed by atoms with E-state index in [9.17, 15) is 14.4 Å². The standard InChI is InChI=1S/C19H17N3O4/c1-2-11-26-16-10-6-5-9-15(16)20-17(23)12-22-19(25)14-8-4-3-7-13(14)18(24)21-22/h3-10H,2,11-12H2,1H3/p+1. The Hall–Kier alpha value is -3.35. The van der Waals surface area contributed by atoms with E-state index in [2.05, 4.69) is 10.4 Å². The number of carbonyl (C=O) groups excluding carboxylic acids is 3. The van der Waals surface area contributed by atoms with Crippen molar-refractivity contribution in [2.75, 3.05) is 18.5 Å². The van der Waals surface area contributed by atoms with E-state index in [1.54, 1.807) is 42.5 Å². The van der Waals surface area contributed by atoms with Gasteiger partial charge in [-0.25, -0.2) is 4.79 Å². The van der Waals surface area contributed by atoms with Gasteiger partial charge in [-0.2, -0.15) is 0 Å². The fourth-order valence-corrected chi connectivity index (χ4v) is 2.54. The summed E-state index contributed by atoms with van der Waals surface area (Å²) in [7, 11) is 0. The van der Waals surface area contributed by atoms with Gasteiger partial charge in [-0.05, 0) is 35.4 Å². The van der Waals surface area contributed by atoms with Crippen LogP contribution >= 0.6 is 0 Å².